The molecule has 0 spiro atoms. The fourth-order valence-corrected chi connectivity index (χ4v) is 5.62. The minimum atomic E-state index is -5.34. The predicted octanol–water partition coefficient (Wildman–Crippen LogP) is -2.88. The van der Waals surface area contributed by atoms with E-state index >= 15 is 0 Å². The number of aryl methyl sites for hydroxylation is 1. The Bertz CT molecular complexity index is 1100. The van der Waals surface area contributed by atoms with Gasteiger partial charge < -0.3 is 39.5 Å². The smallest absolute Gasteiger partial charge is 0.331 e. The highest BCUT2D eigenvalue weighted by Gasteiger charge is 2.48. The molecule has 0 amide bonds. The number of H-pyrrole nitrogens is 1. The van der Waals surface area contributed by atoms with Crippen LogP contribution in [0.25, 0.3) is 11.2 Å². The van der Waals surface area contributed by atoms with Crippen LogP contribution in [0.1, 0.15) is 6.23 Å². The number of anilines is 1. The maximum atomic E-state index is 12.2. The van der Waals surface area contributed by atoms with Crippen molar-refractivity contribution in [2.24, 2.45) is 7.05 Å². The number of aromatic amines is 1. The SMILES string of the molecule is CO[C@@H]1[C@H](O)[C@@H](COP(O)(=S)OP(=O)([O-])O)O[C@H]1[n+]1cn(C)c2c(=O)[nH]c(N)nc21. The van der Waals surface area contributed by atoms with Gasteiger partial charge in [0.15, 0.2) is 6.33 Å². The zero-order chi connectivity index (χ0) is 22.4. The molecule has 2 aromatic heterocycles. The van der Waals surface area contributed by atoms with Gasteiger partial charge in [-0.05, 0) is 11.8 Å². The van der Waals surface area contributed by atoms with E-state index in [9.17, 15) is 24.3 Å². The van der Waals surface area contributed by atoms with E-state index in [0.717, 1.165) is 0 Å². The number of fused-ring (bicyclic) bond motifs is 1. The molecule has 18 heteroatoms. The maximum absolute atomic E-state index is 12.2. The standard InChI is InChI=1S/C12H19N5O10P2S/c1-16-4-17(9-6(16)10(19)15-12(13)14-9)11-8(24-2)7(18)5(26-11)3-25-29(23,30)27-28(20,21)22/h4-5,7-8,11,18H,3H2,1-2H3,(H5-,13,14,15,19,20,21,22,23,30)/t5-,7-,8-,11-,29?/m1/s1. The normalized spacial score (nSPS) is 28.5. The van der Waals surface area contributed by atoms with Crippen LogP contribution in [-0.2, 0) is 41.7 Å². The molecule has 6 N–H and O–H groups in total. The Morgan fingerprint density at radius 1 is 1.53 bits per heavy atom. The van der Waals surface area contributed by atoms with Crippen LogP contribution >= 0.6 is 14.5 Å². The summed E-state index contributed by atoms with van der Waals surface area (Å²) in [5, 5.41) is 10.5. The first-order chi connectivity index (χ1) is 13.8. The lowest BCUT2D eigenvalue weighted by molar-refractivity contribution is -0.746. The number of phosphoric acid groups is 1. The van der Waals surface area contributed by atoms with Gasteiger partial charge >= 0.3 is 12.4 Å². The first-order valence-electron chi connectivity index (χ1n) is 8.17. The van der Waals surface area contributed by atoms with Gasteiger partial charge in [0, 0.05) is 7.11 Å². The number of nitrogen functional groups attached to an aromatic ring is 1. The third kappa shape index (κ3) is 4.79. The molecule has 2 unspecified atom stereocenters. The number of ether oxygens (including phenoxy) is 2. The van der Waals surface area contributed by atoms with Gasteiger partial charge in [-0.1, -0.05) is 4.98 Å². The summed E-state index contributed by atoms with van der Waals surface area (Å²) in [7, 11) is -2.44. The van der Waals surface area contributed by atoms with Gasteiger partial charge in [0.25, 0.3) is 19.3 Å². The molecular weight excluding hydrogens is 468 g/mol. The summed E-state index contributed by atoms with van der Waals surface area (Å²) in [5.74, 6) is -0.135. The summed E-state index contributed by atoms with van der Waals surface area (Å²) < 4.78 is 33.5. The summed E-state index contributed by atoms with van der Waals surface area (Å²) in [5.41, 5.74) is 5.47. The predicted molar refractivity (Wildman–Crippen MR) is 100 cm³/mol. The third-order valence-corrected chi connectivity index (χ3v) is 7.30. The van der Waals surface area contributed by atoms with E-state index in [0.29, 0.717) is 0 Å². The van der Waals surface area contributed by atoms with Crippen molar-refractivity contribution in [3.05, 3.63) is 16.7 Å². The van der Waals surface area contributed by atoms with E-state index in [4.69, 9.17) is 24.6 Å². The molecule has 1 saturated heterocycles. The van der Waals surface area contributed by atoms with Gasteiger partial charge in [0.2, 0.25) is 11.7 Å². The summed E-state index contributed by atoms with van der Waals surface area (Å²) in [6.45, 7) is -4.96. The molecule has 0 radical (unpaired) electrons. The second-order valence-corrected chi connectivity index (χ2v) is 10.5. The fraction of sp³-hybridized carbons (Fsp3) is 0.583. The molecule has 0 aliphatic carbocycles. The van der Waals surface area contributed by atoms with Crippen molar-refractivity contribution in [2.45, 2.75) is 24.5 Å². The van der Waals surface area contributed by atoms with Crippen LogP contribution in [0.5, 0.6) is 0 Å². The first-order valence-corrected chi connectivity index (χ1v) is 12.3. The van der Waals surface area contributed by atoms with E-state index in [1.807, 2.05) is 0 Å². The van der Waals surface area contributed by atoms with Crippen LogP contribution < -0.4 is 20.8 Å². The number of aliphatic hydroxyl groups excluding tert-OH is 1. The van der Waals surface area contributed by atoms with Crippen molar-refractivity contribution < 1.29 is 47.2 Å². The van der Waals surface area contributed by atoms with Gasteiger partial charge in [-0.25, -0.2) is 8.88 Å². The first kappa shape index (κ1) is 23.4. The molecule has 3 heterocycles. The molecule has 1 aliphatic heterocycles. The average molecular weight is 487 g/mol. The number of nitrogens with one attached hydrogen (secondary N) is 1. The Hall–Kier alpha value is -1.29. The van der Waals surface area contributed by atoms with E-state index in [1.54, 1.807) is 7.05 Å². The highest BCUT2D eigenvalue weighted by atomic mass is 32.5. The number of rotatable bonds is 7. The summed E-state index contributed by atoms with van der Waals surface area (Å²) >= 11 is 4.49. The molecule has 0 aromatic carbocycles. The van der Waals surface area contributed by atoms with Crippen molar-refractivity contribution in [3.8, 4) is 0 Å². The Kier molecular flexibility index (Phi) is 6.49. The number of hydrogen-bond acceptors (Lipinski definition) is 11. The second-order valence-electron chi connectivity index (χ2n) is 6.33. The van der Waals surface area contributed by atoms with Gasteiger partial charge in [0.05, 0.1) is 13.7 Å². The Balaban J connectivity index is 1.88. The number of imidazole rings is 1. The number of nitrogens with zero attached hydrogens (tertiary/aromatic N) is 3. The van der Waals surface area contributed by atoms with Crippen LogP contribution in [0.2, 0.25) is 0 Å². The minimum Gasteiger partial charge on any atom is -0.756 e. The molecule has 168 valence electrons. The molecule has 0 bridgehead atoms. The molecule has 1 fully saturated rings. The lowest BCUT2D eigenvalue weighted by Gasteiger charge is -2.23. The summed E-state index contributed by atoms with van der Waals surface area (Å²) in [6.07, 6.45) is -2.96. The van der Waals surface area contributed by atoms with E-state index < -0.39 is 51.2 Å². The molecule has 3 rings (SSSR count). The minimum absolute atomic E-state index is 0.135. The van der Waals surface area contributed by atoms with Crippen molar-refractivity contribution in [1.29, 1.82) is 0 Å². The molecule has 6 atom stereocenters. The Morgan fingerprint density at radius 3 is 2.80 bits per heavy atom. The molecule has 1 aliphatic rings. The second kappa shape index (κ2) is 8.33. The molecule has 0 saturated carbocycles. The topological polar surface area (TPSA) is 218 Å². The largest absolute Gasteiger partial charge is 0.756 e. The number of nitrogens with two attached hydrogens (primary N) is 1. The summed E-state index contributed by atoms with van der Waals surface area (Å²) in [6, 6.07) is 0. The maximum Gasteiger partial charge on any atom is 0.331 e. The lowest BCUT2D eigenvalue weighted by atomic mass is 10.1. The van der Waals surface area contributed by atoms with Crippen LogP contribution in [0.4, 0.5) is 5.95 Å². The van der Waals surface area contributed by atoms with E-state index in [2.05, 4.69) is 26.1 Å². The molecule has 2 aromatic rings. The van der Waals surface area contributed by atoms with Crippen LogP contribution in [-0.4, -0.2) is 61.5 Å². The van der Waals surface area contributed by atoms with Gasteiger partial charge in [-0.2, -0.15) is 0 Å². The van der Waals surface area contributed by atoms with Gasteiger partial charge in [-0.3, -0.25) is 18.9 Å². The summed E-state index contributed by atoms with van der Waals surface area (Å²) in [4.78, 5) is 47.8. The zero-order valence-electron chi connectivity index (χ0n) is 15.5. The van der Waals surface area contributed by atoms with Crippen molar-refractivity contribution in [2.75, 3.05) is 19.5 Å². The average Bonchev–Trinajstić information content (AvgIpc) is 3.07. The number of hydrogen-bond donors (Lipinski definition) is 5. The monoisotopic (exact) mass is 487 g/mol. The van der Waals surface area contributed by atoms with Gasteiger partial charge in [0.1, 0.15) is 18.3 Å². The molecule has 15 nitrogen and oxygen atoms in total. The lowest BCUT2D eigenvalue weighted by Crippen LogP contribution is -2.47. The van der Waals surface area contributed by atoms with Crippen LogP contribution in [0.15, 0.2) is 11.1 Å². The van der Waals surface area contributed by atoms with Gasteiger partial charge in [-0.15, -0.1) is 0 Å². The number of aliphatic hydroxyl groups is 1. The number of methoxy groups -OCH3 is 1. The van der Waals surface area contributed by atoms with Crippen molar-refractivity contribution in [3.63, 3.8) is 0 Å². The van der Waals surface area contributed by atoms with Crippen LogP contribution in [0, 0.1) is 0 Å². The fourth-order valence-electron chi connectivity index (χ4n) is 3.11. The highest BCUT2D eigenvalue weighted by Crippen LogP contribution is 2.56. The Morgan fingerprint density at radius 2 is 2.20 bits per heavy atom. The highest BCUT2D eigenvalue weighted by molar-refractivity contribution is 8.08. The Labute approximate surface area is 173 Å². The quantitative estimate of drug-likeness (QED) is 0.196. The molecule has 30 heavy (non-hydrogen) atoms. The van der Waals surface area contributed by atoms with E-state index in [1.165, 1.54) is 22.6 Å². The third-order valence-electron chi connectivity index (χ3n) is 4.26. The number of aromatic nitrogens is 4. The van der Waals surface area contributed by atoms with Crippen molar-refractivity contribution >= 4 is 43.5 Å². The van der Waals surface area contributed by atoms with Crippen molar-refractivity contribution in [1.82, 2.24) is 14.5 Å². The van der Waals surface area contributed by atoms with E-state index in [-0.39, 0.29) is 17.1 Å². The molecular formula is C12H19N5O10P2S. The zero-order valence-corrected chi connectivity index (χ0v) is 18.1. The van der Waals surface area contributed by atoms with Crippen LogP contribution in [0.3, 0.4) is 0 Å².